The van der Waals surface area contributed by atoms with Gasteiger partial charge < -0.3 is 9.47 Å². The highest BCUT2D eigenvalue weighted by atomic mass is 16.6. The van der Waals surface area contributed by atoms with Crippen molar-refractivity contribution in [2.45, 2.75) is 24.7 Å². The molecule has 1 fully saturated rings. The zero-order chi connectivity index (χ0) is 16.6. The van der Waals surface area contributed by atoms with Crippen LogP contribution in [-0.2, 0) is 14.9 Å². The summed E-state index contributed by atoms with van der Waals surface area (Å²) in [4.78, 5) is 31.5. The van der Waals surface area contributed by atoms with E-state index in [-0.39, 0.29) is 5.69 Å². The fraction of sp³-hybridized carbons (Fsp3) is 0.400. The molecule has 8 heteroatoms. The lowest BCUT2D eigenvalue weighted by Crippen LogP contribution is -2.44. The molecule has 8 nitrogen and oxygen atoms in total. The molecule has 0 aliphatic heterocycles. The van der Waals surface area contributed by atoms with Crippen molar-refractivity contribution < 1.29 is 19.2 Å². The molecule has 0 unspecified atom stereocenters. The van der Waals surface area contributed by atoms with Crippen LogP contribution in [0, 0.1) is 10.1 Å². The summed E-state index contributed by atoms with van der Waals surface area (Å²) in [7, 11) is 2.75. The van der Waals surface area contributed by atoms with Crippen molar-refractivity contribution in [2.75, 3.05) is 14.2 Å². The minimum atomic E-state index is -1.01. The first-order valence-corrected chi connectivity index (χ1v) is 7.09. The van der Waals surface area contributed by atoms with E-state index in [1.165, 1.54) is 26.6 Å². The van der Waals surface area contributed by atoms with E-state index in [9.17, 15) is 14.9 Å². The fourth-order valence-electron chi connectivity index (χ4n) is 3.10. The second-order valence-corrected chi connectivity index (χ2v) is 5.45. The van der Waals surface area contributed by atoms with Crippen molar-refractivity contribution in [2.24, 2.45) is 0 Å². The third kappa shape index (κ3) is 2.18. The average Bonchev–Trinajstić information content (AvgIpc) is 2.52. The Morgan fingerprint density at radius 2 is 2.04 bits per heavy atom. The summed E-state index contributed by atoms with van der Waals surface area (Å²) in [5.74, 6) is -0.157. The van der Waals surface area contributed by atoms with E-state index in [0.717, 1.165) is 6.42 Å². The molecule has 0 aromatic carbocycles. The average molecular weight is 317 g/mol. The van der Waals surface area contributed by atoms with Crippen molar-refractivity contribution in [1.82, 2.24) is 9.97 Å². The van der Waals surface area contributed by atoms with E-state index in [4.69, 9.17) is 9.47 Å². The van der Waals surface area contributed by atoms with Crippen LogP contribution < -0.4 is 4.74 Å². The van der Waals surface area contributed by atoms with Crippen LogP contribution in [0.25, 0.3) is 10.9 Å². The maximum Gasteiger partial charge on any atom is 0.316 e. The standard InChI is InChI=1S/C15H15N3O5/c1-22-12-6-9-10(7-17-12)16-8-11(18(20)21)13(9)15(4-3-5-15)14(19)23-2/h6-8H,3-5H2,1-2H3. The normalized spacial score (nSPS) is 15.7. The third-order valence-electron chi connectivity index (χ3n) is 4.38. The van der Waals surface area contributed by atoms with Gasteiger partial charge in [-0.25, -0.2) is 9.97 Å². The van der Waals surface area contributed by atoms with Crippen molar-refractivity contribution in [3.05, 3.63) is 34.1 Å². The lowest BCUT2D eigenvalue weighted by atomic mass is 9.63. The number of carbonyl (C=O) groups is 1. The van der Waals surface area contributed by atoms with Crippen LogP contribution in [0.4, 0.5) is 5.69 Å². The summed E-state index contributed by atoms with van der Waals surface area (Å²) >= 11 is 0. The van der Waals surface area contributed by atoms with E-state index in [0.29, 0.717) is 35.2 Å². The molecule has 23 heavy (non-hydrogen) atoms. The van der Waals surface area contributed by atoms with E-state index in [2.05, 4.69) is 9.97 Å². The molecule has 1 aliphatic rings. The molecule has 0 atom stereocenters. The van der Waals surface area contributed by atoms with Gasteiger partial charge >= 0.3 is 5.97 Å². The first kappa shape index (κ1) is 15.1. The Hall–Kier alpha value is -2.77. The molecule has 1 aliphatic carbocycles. The van der Waals surface area contributed by atoms with Gasteiger partial charge in [-0.1, -0.05) is 6.42 Å². The number of rotatable bonds is 4. The number of fused-ring (bicyclic) bond motifs is 1. The molecule has 0 amide bonds. The van der Waals surface area contributed by atoms with Crippen LogP contribution in [0.2, 0.25) is 0 Å². The number of ether oxygens (including phenoxy) is 2. The first-order valence-electron chi connectivity index (χ1n) is 7.09. The quantitative estimate of drug-likeness (QED) is 0.483. The summed E-state index contributed by atoms with van der Waals surface area (Å²) in [5.41, 5.74) is -0.381. The number of carbonyl (C=O) groups excluding carboxylic acids is 1. The highest BCUT2D eigenvalue weighted by molar-refractivity contribution is 5.95. The van der Waals surface area contributed by atoms with E-state index < -0.39 is 16.3 Å². The molecule has 3 rings (SSSR count). The molecule has 2 aromatic rings. The predicted octanol–water partition coefficient (Wildman–Crippen LogP) is 2.14. The Labute approximate surface area is 131 Å². The van der Waals surface area contributed by atoms with Gasteiger partial charge in [0.15, 0.2) is 0 Å². The van der Waals surface area contributed by atoms with Gasteiger partial charge in [0.2, 0.25) is 5.88 Å². The predicted molar refractivity (Wildman–Crippen MR) is 80.3 cm³/mol. The maximum atomic E-state index is 12.4. The number of esters is 1. The van der Waals surface area contributed by atoms with Gasteiger partial charge in [0.05, 0.1) is 36.4 Å². The Morgan fingerprint density at radius 3 is 2.57 bits per heavy atom. The van der Waals surface area contributed by atoms with Crippen LogP contribution in [0.3, 0.4) is 0 Å². The molecule has 2 aromatic heterocycles. The molecular formula is C15H15N3O5. The van der Waals surface area contributed by atoms with Gasteiger partial charge in [0.25, 0.3) is 5.69 Å². The Kier molecular flexibility index (Phi) is 3.59. The number of hydrogen-bond acceptors (Lipinski definition) is 7. The number of nitrogens with zero attached hydrogens (tertiary/aromatic N) is 3. The van der Waals surface area contributed by atoms with Crippen LogP contribution in [0.15, 0.2) is 18.5 Å². The van der Waals surface area contributed by atoms with Crippen molar-refractivity contribution in [3.8, 4) is 5.88 Å². The minimum Gasteiger partial charge on any atom is -0.481 e. The van der Waals surface area contributed by atoms with Crippen molar-refractivity contribution in [3.63, 3.8) is 0 Å². The van der Waals surface area contributed by atoms with Crippen LogP contribution >= 0.6 is 0 Å². The van der Waals surface area contributed by atoms with Crippen LogP contribution in [0.1, 0.15) is 24.8 Å². The largest absolute Gasteiger partial charge is 0.481 e. The van der Waals surface area contributed by atoms with E-state index in [1.807, 2.05) is 0 Å². The summed E-state index contributed by atoms with van der Waals surface area (Å²) < 4.78 is 10.0. The molecular weight excluding hydrogens is 302 g/mol. The molecule has 0 N–H and O–H groups in total. The Bertz CT molecular complexity index is 801. The lowest BCUT2D eigenvalue weighted by molar-refractivity contribution is -0.386. The van der Waals surface area contributed by atoms with Gasteiger partial charge in [-0.15, -0.1) is 0 Å². The molecule has 2 heterocycles. The smallest absolute Gasteiger partial charge is 0.316 e. The van der Waals surface area contributed by atoms with Crippen molar-refractivity contribution in [1.29, 1.82) is 0 Å². The van der Waals surface area contributed by atoms with Crippen molar-refractivity contribution >= 4 is 22.6 Å². The van der Waals surface area contributed by atoms with Gasteiger partial charge in [0.1, 0.15) is 11.6 Å². The Balaban J connectivity index is 2.37. The molecule has 0 radical (unpaired) electrons. The highest BCUT2D eigenvalue weighted by Gasteiger charge is 2.51. The Morgan fingerprint density at radius 1 is 1.30 bits per heavy atom. The second kappa shape index (κ2) is 5.45. The molecule has 120 valence electrons. The fourth-order valence-corrected chi connectivity index (χ4v) is 3.10. The number of pyridine rings is 2. The third-order valence-corrected chi connectivity index (χ3v) is 4.38. The topological polar surface area (TPSA) is 104 Å². The number of methoxy groups -OCH3 is 2. The SMILES string of the molecule is COC(=O)C1(c2c([N+](=O)[O-])cnc3cnc(OC)cc23)CCC1. The molecule has 0 saturated heterocycles. The van der Waals surface area contributed by atoms with Gasteiger partial charge in [0, 0.05) is 11.5 Å². The van der Waals surface area contributed by atoms with Gasteiger partial charge in [-0.05, 0) is 12.8 Å². The van der Waals surface area contributed by atoms with E-state index >= 15 is 0 Å². The van der Waals surface area contributed by atoms with E-state index in [1.54, 1.807) is 6.07 Å². The summed E-state index contributed by atoms with van der Waals surface area (Å²) in [6, 6.07) is 1.58. The first-order chi connectivity index (χ1) is 11.0. The van der Waals surface area contributed by atoms with Crippen LogP contribution in [0.5, 0.6) is 5.88 Å². The summed E-state index contributed by atoms with van der Waals surface area (Å²) in [6.07, 6.45) is 4.46. The summed E-state index contributed by atoms with van der Waals surface area (Å²) in [5, 5.41) is 12.0. The zero-order valence-corrected chi connectivity index (χ0v) is 12.7. The highest BCUT2D eigenvalue weighted by Crippen LogP contribution is 2.50. The number of nitro groups is 1. The maximum absolute atomic E-state index is 12.4. The lowest BCUT2D eigenvalue weighted by Gasteiger charge is -2.39. The monoisotopic (exact) mass is 317 g/mol. The van der Waals surface area contributed by atoms with Crippen LogP contribution in [-0.4, -0.2) is 35.1 Å². The second-order valence-electron chi connectivity index (χ2n) is 5.45. The molecule has 0 bridgehead atoms. The number of aromatic nitrogens is 2. The van der Waals surface area contributed by atoms with Gasteiger partial charge in [-0.2, -0.15) is 0 Å². The molecule has 1 saturated carbocycles. The summed E-state index contributed by atoms with van der Waals surface area (Å²) in [6.45, 7) is 0. The number of hydrogen-bond donors (Lipinski definition) is 0. The van der Waals surface area contributed by atoms with Gasteiger partial charge in [-0.3, -0.25) is 14.9 Å². The molecule has 0 spiro atoms. The zero-order valence-electron chi connectivity index (χ0n) is 12.7. The minimum absolute atomic E-state index is 0.184.